The number of hydrogen-bond donors (Lipinski definition) is 0. The van der Waals surface area contributed by atoms with Crippen LogP contribution in [0.4, 0.5) is 21.9 Å². The number of halogens is 1. The van der Waals surface area contributed by atoms with Crippen LogP contribution in [-0.2, 0) is 16.0 Å². The molecule has 37 heavy (non-hydrogen) atoms. The van der Waals surface area contributed by atoms with Crippen molar-refractivity contribution in [2.45, 2.75) is 32.7 Å². The second kappa shape index (κ2) is 8.73. The molecule has 3 aliphatic rings. The number of piperidine rings is 1. The smallest absolute Gasteiger partial charge is 0.342 e. The van der Waals surface area contributed by atoms with Gasteiger partial charge in [0.25, 0.3) is 11.8 Å². The summed E-state index contributed by atoms with van der Waals surface area (Å²) in [5.74, 6) is -0.512. The number of fused-ring (bicyclic) bond motifs is 4. The minimum Gasteiger partial charge on any atom is -0.366 e. The SMILES string of the molecule is C[C@@H]1C[C@@H](C)[C@H]2N(C1)c1cc(Cl)ccc1CC21C(=O)N(c2ccccc2)C(=O)N(c2ccccc2)C1=O. The molecule has 0 saturated carbocycles. The zero-order valence-corrected chi connectivity index (χ0v) is 21.6. The topological polar surface area (TPSA) is 60.9 Å². The molecule has 0 aromatic heterocycles. The third kappa shape index (κ3) is 3.50. The van der Waals surface area contributed by atoms with E-state index in [-0.39, 0.29) is 12.3 Å². The van der Waals surface area contributed by atoms with Crippen LogP contribution in [0.5, 0.6) is 0 Å². The average Bonchev–Trinajstić information content (AvgIpc) is 2.89. The molecule has 0 N–H and O–H groups in total. The summed E-state index contributed by atoms with van der Waals surface area (Å²) in [5.41, 5.74) is 1.29. The van der Waals surface area contributed by atoms with Crippen molar-refractivity contribution in [2.75, 3.05) is 21.2 Å². The van der Waals surface area contributed by atoms with E-state index in [0.717, 1.165) is 17.7 Å². The van der Waals surface area contributed by atoms with E-state index < -0.39 is 29.3 Å². The number of amides is 4. The lowest BCUT2D eigenvalue weighted by Gasteiger charge is -2.58. The molecule has 2 saturated heterocycles. The molecule has 3 atom stereocenters. The van der Waals surface area contributed by atoms with Gasteiger partial charge in [0.2, 0.25) is 0 Å². The predicted octanol–water partition coefficient (Wildman–Crippen LogP) is 5.93. The fourth-order valence-electron chi connectivity index (χ4n) is 6.73. The highest BCUT2D eigenvalue weighted by atomic mass is 35.5. The van der Waals surface area contributed by atoms with Crippen LogP contribution in [0.2, 0.25) is 5.02 Å². The molecule has 188 valence electrons. The fraction of sp³-hybridized carbons (Fsp3) is 0.300. The number of imide groups is 2. The van der Waals surface area contributed by atoms with Gasteiger partial charge in [-0.05, 0) is 66.6 Å². The molecule has 0 aliphatic carbocycles. The van der Waals surface area contributed by atoms with E-state index in [4.69, 9.17) is 11.6 Å². The Kier molecular flexibility index (Phi) is 5.60. The number of hydrogen-bond acceptors (Lipinski definition) is 4. The molecule has 1 spiro atoms. The van der Waals surface area contributed by atoms with E-state index in [0.29, 0.717) is 28.9 Å². The number of anilines is 3. The lowest BCUT2D eigenvalue weighted by molar-refractivity contribution is -0.144. The first-order chi connectivity index (χ1) is 17.8. The highest BCUT2D eigenvalue weighted by Gasteiger charge is 2.66. The summed E-state index contributed by atoms with van der Waals surface area (Å²) < 4.78 is 0. The standard InChI is InChI=1S/C30H28ClN3O3/c1-19-15-20(2)26-30(17-21-13-14-22(31)16-25(21)32(26)18-19)27(35)33(23-9-5-3-6-10-23)29(37)34(28(30)36)24-11-7-4-8-12-24/h3-14,16,19-20,26H,15,17-18H2,1-2H3/t19-,20-,26-/m1/s1. The molecule has 6 rings (SSSR count). The molecule has 7 heteroatoms. The Balaban J connectivity index is 1.61. The number of para-hydroxylation sites is 2. The van der Waals surface area contributed by atoms with Gasteiger partial charge in [-0.15, -0.1) is 0 Å². The van der Waals surface area contributed by atoms with Crippen molar-refractivity contribution in [3.05, 3.63) is 89.4 Å². The Morgan fingerprint density at radius 2 is 1.38 bits per heavy atom. The number of barbiturate groups is 1. The molecule has 0 bridgehead atoms. The lowest BCUT2D eigenvalue weighted by Crippen LogP contribution is -2.75. The maximum atomic E-state index is 14.7. The van der Waals surface area contributed by atoms with E-state index in [1.165, 1.54) is 9.80 Å². The maximum absolute atomic E-state index is 14.7. The number of rotatable bonds is 2. The van der Waals surface area contributed by atoms with Gasteiger partial charge in [-0.1, -0.05) is 67.9 Å². The monoisotopic (exact) mass is 513 g/mol. The molecule has 0 unspecified atom stereocenters. The Hall–Kier alpha value is -3.64. The molecule has 4 amide bonds. The van der Waals surface area contributed by atoms with E-state index in [1.54, 1.807) is 54.6 Å². The van der Waals surface area contributed by atoms with Gasteiger partial charge < -0.3 is 4.90 Å². The lowest BCUT2D eigenvalue weighted by atomic mass is 9.62. The van der Waals surface area contributed by atoms with Gasteiger partial charge in [-0.25, -0.2) is 14.6 Å². The highest BCUT2D eigenvalue weighted by Crippen LogP contribution is 2.52. The quantitative estimate of drug-likeness (QED) is 0.398. The first-order valence-electron chi connectivity index (χ1n) is 12.7. The van der Waals surface area contributed by atoms with Crippen molar-refractivity contribution in [3.8, 4) is 0 Å². The summed E-state index contributed by atoms with van der Waals surface area (Å²) in [6.07, 6.45) is 1.08. The summed E-state index contributed by atoms with van der Waals surface area (Å²) in [6, 6.07) is 22.4. The Bertz CT molecular complexity index is 1330. The van der Waals surface area contributed by atoms with Crippen molar-refractivity contribution < 1.29 is 14.4 Å². The molecule has 3 heterocycles. The molecule has 3 aromatic rings. The van der Waals surface area contributed by atoms with Crippen LogP contribution in [0.25, 0.3) is 0 Å². The normalized spacial score (nSPS) is 24.8. The number of nitrogens with zero attached hydrogens (tertiary/aromatic N) is 3. The van der Waals surface area contributed by atoms with Crippen LogP contribution in [0.15, 0.2) is 78.9 Å². The van der Waals surface area contributed by atoms with Crippen LogP contribution in [0.1, 0.15) is 25.8 Å². The molecule has 2 fully saturated rings. The molecular weight excluding hydrogens is 486 g/mol. The first-order valence-corrected chi connectivity index (χ1v) is 13.1. The van der Waals surface area contributed by atoms with Crippen molar-refractivity contribution in [1.29, 1.82) is 0 Å². The summed E-state index contributed by atoms with van der Waals surface area (Å²) in [6.45, 7) is 5.01. The van der Waals surface area contributed by atoms with Gasteiger partial charge in [0.1, 0.15) is 0 Å². The molecular formula is C30H28ClN3O3. The van der Waals surface area contributed by atoms with Crippen LogP contribution in [0, 0.1) is 17.3 Å². The van der Waals surface area contributed by atoms with Gasteiger partial charge in [0, 0.05) is 17.3 Å². The third-order valence-corrected chi connectivity index (χ3v) is 8.30. The van der Waals surface area contributed by atoms with Gasteiger partial charge in [0.15, 0.2) is 5.41 Å². The Labute approximate surface area is 221 Å². The first kappa shape index (κ1) is 23.7. The highest BCUT2D eigenvalue weighted by molar-refractivity contribution is 6.39. The van der Waals surface area contributed by atoms with Gasteiger partial charge in [-0.2, -0.15) is 0 Å². The molecule has 3 aromatic carbocycles. The van der Waals surface area contributed by atoms with Crippen molar-refractivity contribution >= 4 is 46.5 Å². The predicted molar refractivity (Wildman–Crippen MR) is 145 cm³/mol. The van der Waals surface area contributed by atoms with Crippen molar-refractivity contribution in [1.82, 2.24) is 0 Å². The van der Waals surface area contributed by atoms with E-state index in [2.05, 4.69) is 18.7 Å². The largest absolute Gasteiger partial charge is 0.366 e. The van der Waals surface area contributed by atoms with E-state index in [9.17, 15) is 14.4 Å². The van der Waals surface area contributed by atoms with Gasteiger partial charge in [-0.3, -0.25) is 9.59 Å². The van der Waals surface area contributed by atoms with Gasteiger partial charge >= 0.3 is 6.03 Å². The second-order valence-electron chi connectivity index (χ2n) is 10.6. The van der Waals surface area contributed by atoms with Crippen LogP contribution < -0.4 is 14.7 Å². The minimum atomic E-state index is -1.47. The van der Waals surface area contributed by atoms with Crippen LogP contribution in [0.3, 0.4) is 0 Å². The zero-order chi connectivity index (χ0) is 25.9. The third-order valence-electron chi connectivity index (χ3n) is 8.07. The summed E-state index contributed by atoms with van der Waals surface area (Å²) >= 11 is 6.42. The second-order valence-corrected chi connectivity index (χ2v) is 11.0. The van der Waals surface area contributed by atoms with E-state index in [1.807, 2.05) is 24.3 Å². The maximum Gasteiger partial charge on any atom is 0.342 e. The van der Waals surface area contributed by atoms with Crippen LogP contribution >= 0.6 is 11.6 Å². The Morgan fingerprint density at radius 3 is 1.95 bits per heavy atom. The van der Waals surface area contributed by atoms with Crippen LogP contribution in [-0.4, -0.2) is 30.4 Å². The average molecular weight is 514 g/mol. The fourth-order valence-corrected chi connectivity index (χ4v) is 6.90. The van der Waals surface area contributed by atoms with Crippen molar-refractivity contribution in [2.24, 2.45) is 17.3 Å². The summed E-state index contributed by atoms with van der Waals surface area (Å²) in [5, 5.41) is 0.618. The summed E-state index contributed by atoms with van der Waals surface area (Å²) in [4.78, 5) is 47.9. The molecule has 3 aliphatic heterocycles. The molecule has 0 radical (unpaired) electrons. The number of carbonyl (C=O) groups excluding carboxylic acids is 3. The summed E-state index contributed by atoms with van der Waals surface area (Å²) in [7, 11) is 0. The van der Waals surface area contributed by atoms with Crippen molar-refractivity contribution in [3.63, 3.8) is 0 Å². The minimum absolute atomic E-state index is 0.0345. The number of carbonyl (C=O) groups is 3. The van der Waals surface area contributed by atoms with E-state index >= 15 is 0 Å². The Morgan fingerprint density at radius 1 is 0.811 bits per heavy atom. The number of benzene rings is 3. The van der Waals surface area contributed by atoms with Gasteiger partial charge in [0.05, 0.1) is 17.4 Å². The number of urea groups is 1. The molecule has 6 nitrogen and oxygen atoms in total. The zero-order valence-electron chi connectivity index (χ0n) is 20.8.